The van der Waals surface area contributed by atoms with Crippen LogP contribution in [0.15, 0.2) is 42.5 Å². The Kier molecular flexibility index (Phi) is 8.94. The lowest BCUT2D eigenvalue weighted by molar-refractivity contribution is -0.137. The van der Waals surface area contributed by atoms with Crippen molar-refractivity contribution in [2.75, 3.05) is 19.7 Å². The molecule has 0 heterocycles. The van der Waals surface area contributed by atoms with Gasteiger partial charge in [0.15, 0.2) is 0 Å². The maximum Gasteiger partial charge on any atom is 0.416 e. The summed E-state index contributed by atoms with van der Waals surface area (Å²) in [6, 6.07) is 6.52. The molecular formula is C21H21F5N2O4. The van der Waals surface area contributed by atoms with E-state index in [9.17, 15) is 36.6 Å². The van der Waals surface area contributed by atoms with E-state index in [1.54, 1.807) is 0 Å². The van der Waals surface area contributed by atoms with Gasteiger partial charge in [0.1, 0.15) is 30.1 Å². The molecule has 2 amide bonds. The van der Waals surface area contributed by atoms with Gasteiger partial charge in [-0.2, -0.15) is 13.2 Å². The zero-order chi connectivity index (χ0) is 23.7. The zero-order valence-electron chi connectivity index (χ0n) is 16.7. The van der Waals surface area contributed by atoms with Crippen molar-refractivity contribution in [2.24, 2.45) is 0 Å². The van der Waals surface area contributed by atoms with Crippen LogP contribution >= 0.6 is 0 Å². The highest BCUT2D eigenvalue weighted by Crippen LogP contribution is 2.30. The second kappa shape index (κ2) is 11.4. The molecular weight excluding hydrogens is 439 g/mol. The molecule has 0 spiro atoms. The molecule has 32 heavy (non-hydrogen) atoms. The lowest BCUT2D eigenvalue weighted by Crippen LogP contribution is -2.35. The van der Waals surface area contributed by atoms with Crippen LogP contribution in [0.25, 0.3) is 0 Å². The van der Waals surface area contributed by atoms with Crippen molar-refractivity contribution < 1.29 is 41.4 Å². The monoisotopic (exact) mass is 460 g/mol. The summed E-state index contributed by atoms with van der Waals surface area (Å²) in [6.07, 6.45) is -5.30. The molecule has 0 fully saturated rings. The number of carbonyl (C=O) groups excluding carboxylic acids is 2. The van der Waals surface area contributed by atoms with E-state index in [0.717, 1.165) is 36.4 Å². The third-order valence-electron chi connectivity index (χ3n) is 4.20. The van der Waals surface area contributed by atoms with Crippen molar-refractivity contribution in [3.63, 3.8) is 0 Å². The molecule has 1 atom stereocenters. The predicted octanol–water partition coefficient (Wildman–Crippen LogP) is 3.05. The van der Waals surface area contributed by atoms with Crippen LogP contribution in [0.3, 0.4) is 0 Å². The molecule has 0 bridgehead atoms. The van der Waals surface area contributed by atoms with Crippen molar-refractivity contribution in [3.8, 4) is 5.75 Å². The molecule has 6 nitrogen and oxygen atoms in total. The molecule has 174 valence electrons. The van der Waals surface area contributed by atoms with E-state index in [1.165, 1.54) is 0 Å². The summed E-state index contributed by atoms with van der Waals surface area (Å²) in [6.45, 7) is -0.319. The zero-order valence-corrected chi connectivity index (χ0v) is 16.7. The summed E-state index contributed by atoms with van der Waals surface area (Å²) in [5.74, 6) is -2.81. The van der Waals surface area contributed by atoms with Crippen molar-refractivity contribution in [1.29, 1.82) is 0 Å². The van der Waals surface area contributed by atoms with Gasteiger partial charge < -0.3 is 20.5 Å². The summed E-state index contributed by atoms with van der Waals surface area (Å²) in [7, 11) is 0. The van der Waals surface area contributed by atoms with Crippen molar-refractivity contribution in [1.82, 2.24) is 10.6 Å². The Morgan fingerprint density at radius 3 is 2.34 bits per heavy atom. The lowest BCUT2D eigenvalue weighted by Gasteiger charge is -2.14. The van der Waals surface area contributed by atoms with Gasteiger partial charge in [0.05, 0.1) is 11.1 Å². The number of hydrogen-bond donors (Lipinski definition) is 3. The highest BCUT2D eigenvalue weighted by atomic mass is 19.4. The number of hydrogen-bond acceptors (Lipinski definition) is 4. The van der Waals surface area contributed by atoms with Crippen LogP contribution in [0.5, 0.6) is 5.75 Å². The number of ether oxygens (including phenoxy) is 1. The Bertz CT molecular complexity index is 919. The molecule has 0 aromatic heterocycles. The minimum atomic E-state index is -4.46. The van der Waals surface area contributed by atoms with Crippen LogP contribution < -0.4 is 15.4 Å². The lowest BCUT2D eigenvalue weighted by atomic mass is 10.2. The van der Waals surface area contributed by atoms with E-state index >= 15 is 0 Å². The first kappa shape index (κ1) is 25.1. The summed E-state index contributed by atoms with van der Waals surface area (Å²) < 4.78 is 69.0. The van der Waals surface area contributed by atoms with Crippen LogP contribution in [0.4, 0.5) is 22.0 Å². The van der Waals surface area contributed by atoms with Crippen LogP contribution in [-0.2, 0) is 11.0 Å². The molecule has 0 radical (unpaired) electrons. The number of amides is 2. The predicted molar refractivity (Wildman–Crippen MR) is 104 cm³/mol. The Balaban J connectivity index is 1.61. The fraction of sp³-hybridized carbons (Fsp3) is 0.333. The summed E-state index contributed by atoms with van der Waals surface area (Å²) in [5.41, 5.74) is -1.14. The first-order valence-electron chi connectivity index (χ1n) is 9.54. The first-order valence-corrected chi connectivity index (χ1v) is 9.54. The van der Waals surface area contributed by atoms with E-state index in [0.29, 0.717) is 6.07 Å². The molecule has 1 unspecified atom stereocenters. The van der Waals surface area contributed by atoms with E-state index in [1.807, 2.05) is 0 Å². The quantitative estimate of drug-likeness (QED) is 0.376. The summed E-state index contributed by atoms with van der Waals surface area (Å²) >= 11 is 0. The maximum atomic E-state index is 13.5. The second-order valence-corrected chi connectivity index (χ2v) is 6.77. The minimum Gasteiger partial charge on any atom is -0.491 e. The molecule has 2 aromatic rings. The van der Waals surface area contributed by atoms with Gasteiger partial charge in [-0.3, -0.25) is 9.59 Å². The van der Waals surface area contributed by atoms with Crippen LogP contribution in [0, 0.1) is 11.6 Å². The molecule has 0 aliphatic rings. The van der Waals surface area contributed by atoms with Crippen LogP contribution in [-0.4, -0.2) is 42.7 Å². The van der Waals surface area contributed by atoms with Gasteiger partial charge in [-0.25, -0.2) is 8.78 Å². The summed E-state index contributed by atoms with van der Waals surface area (Å²) in [5, 5.41) is 14.7. The molecule has 2 aromatic carbocycles. The minimum absolute atomic E-state index is 0.0126. The number of aliphatic hydroxyl groups is 1. The van der Waals surface area contributed by atoms with Gasteiger partial charge in [0.2, 0.25) is 5.91 Å². The van der Waals surface area contributed by atoms with Crippen LogP contribution in [0.2, 0.25) is 0 Å². The van der Waals surface area contributed by atoms with Crippen molar-refractivity contribution >= 4 is 11.8 Å². The standard InChI is InChI=1S/C21H21F5N2O4/c22-14-5-8-17(18(23)10-14)20(31)27-9-1-2-19(30)28-11-15(29)12-32-16-6-3-13(4-7-16)21(24,25)26/h3-8,10,15,29H,1-2,9,11-12H2,(H,27,31)(H,28,30). The van der Waals surface area contributed by atoms with Gasteiger partial charge in [-0.1, -0.05) is 0 Å². The number of aliphatic hydroxyl groups excluding tert-OH is 1. The van der Waals surface area contributed by atoms with E-state index in [2.05, 4.69) is 10.6 Å². The third-order valence-corrected chi connectivity index (χ3v) is 4.20. The van der Waals surface area contributed by atoms with Gasteiger partial charge in [-0.15, -0.1) is 0 Å². The Morgan fingerprint density at radius 1 is 1.03 bits per heavy atom. The molecule has 2 rings (SSSR count). The molecule has 0 saturated heterocycles. The Morgan fingerprint density at radius 2 is 1.72 bits per heavy atom. The van der Waals surface area contributed by atoms with E-state index in [4.69, 9.17) is 4.74 Å². The van der Waals surface area contributed by atoms with E-state index < -0.39 is 41.3 Å². The van der Waals surface area contributed by atoms with E-state index in [-0.39, 0.29) is 43.9 Å². The smallest absolute Gasteiger partial charge is 0.416 e. The number of halogens is 5. The van der Waals surface area contributed by atoms with Crippen molar-refractivity contribution in [2.45, 2.75) is 25.1 Å². The number of rotatable bonds is 10. The fourth-order valence-corrected chi connectivity index (χ4v) is 2.53. The molecule has 0 aliphatic heterocycles. The van der Waals surface area contributed by atoms with Gasteiger partial charge in [0, 0.05) is 25.6 Å². The highest BCUT2D eigenvalue weighted by Gasteiger charge is 2.30. The van der Waals surface area contributed by atoms with Crippen molar-refractivity contribution in [3.05, 3.63) is 65.2 Å². The average Bonchev–Trinajstić information content (AvgIpc) is 2.73. The number of carbonyl (C=O) groups is 2. The molecule has 3 N–H and O–H groups in total. The van der Waals surface area contributed by atoms with Crippen LogP contribution in [0.1, 0.15) is 28.8 Å². The van der Waals surface area contributed by atoms with Gasteiger partial charge in [-0.05, 0) is 42.8 Å². The molecule has 11 heteroatoms. The normalized spacial score (nSPS) is 12.2. The second-order valence-electron chi connectivity index (χ2n) is 6.77. The SMILES string of the molecule is O=C(CCCNC(=O)c1ccc(F)cc1F)NCC(O)COc1ccc(C(F)(F)F)cc1. The molecule has 0 aliphatic carbocycles. The Hall–Kier alpha value is -3.21. The number of benzene rings is 2. The molecule has 0 saturated carbocycles. The van der Waals surface area contributed by atoms with Gasteiger partial charge in [0.25, 0.3) is 5.91 Å². The number of alkyl halides is 3. The average molecular weight is 460 g/mol. The number of nitrogens with one attached hydrogen (secondary N) is 2. The third kappa shape index (κ3) is 8.14. The topological polar surface area (TPSA) is 87.7 Å². The summed E-state index contributed by atoms with van der Waals surface area (Å²) in [4.78, 5) is 23.6. The van der Waals surface area contributed by atoms with Gasteiger partial charge >= 0.3 is 6.18 Å². The first-order chi connectivity index (χ1) is 15.1. The largest absolute Gasteiger partial charge is 0.491 e. The Labute approximate surface area is 180 Å². The maximum absolute atomic E-state index is 13.5. The highest BCUT2D eigenvalue weighted by molar-refractivity contribution is 5.94. The fourth-order valence-electron chi connectivity index (χ4n) is 2.53.